The molecule has 14 heavy (non-hydrogen) atoms. The smallest absolute Gasteiger partial charge is 0.389 e. The lowest BCUT2D eigenvalue weighted by Crippen LogP contribution is -2.39. The van der Waals surface area contributed by atoms with E-state index in [-0.39, 0.29) is 18.7 Å². The Kier molecular flexibility index (Phi) is 5.94. The van der Waals surface area contributed by atoms with Crippen LogP contribution in [-0.4, -0.2) is 35.6 Å². The molecule has 0 saturated heterocycles. The van der Waals surface area contributed by atoms with Crippen LogP contribution in [0.25, 0.3) is 0 Å². The quantitative estimate of drug-likeness (QED) is 0.477. The van der Waals surface area contributed by atoms with Crippen LogP contribution in [0.4, 0.5) is 13.2 Å². The molecule has 0 aliphatic carbocycles. The SMILES string of the molecule is O=C(O)[C@@H](CS)NCCCC(F)(F)F. The van der Waals surface area contributed by atoms with Crippen molar-refractivity contribution in [2.75, 3.05) is 12.3 Å². The zero-order valence-corrected chi connectivity index (χ0v) is 8.24. The molecule has 0 rings (SSSR count). The van der Waals surface area contributed by atoms with E-state index in [1.807, 2.05) is 0 Å². The van der Waals surface area contributed by atoms with E-state index in [1.54, 1.807) is 0 Å². The van der Waals surface area contributed by atoms with Crippen molar-refractivity contribution >= 4 is 18.6 Å². The van der Waals surface area contributed by atoms with Crippen LogP contribution in [0.2, 0.25) is 0 Å². The van der Waals surface area contributed by atoms with Gasteiger partial charge in [0.2, 0.25) is 0 Å². The molecule has 0 aliphatic rings. The first kappa shape index (κ1) is 13.6. The highest BCUT2D eigenvalue weighted by Crippen LogP contribution is 2.20. The number of carboxylic acids is 1. The Hall–Kier alpha value is -0.430. The predicted octanol–water partition coefficient (Wildman–Crippen LogP) is 1.30. The molecule has 1 atom stereocenters. The standard InChI is InChI=1S/C7H12F3NO2S/c8-7(9,10)2-1-3-11-5(4-14)6(12)13/h5,11,14H,1-4H2,(H,12,13)/t5-/m1/s1. The molecule has 0 bridgehead atoms. The topological polar surface area (TPSA) is 49.3 Å². The maximum absolute atomic E-state index is 11.7. The molecule has 0 unspecified atom stereocenters. The molecule has 84 valence electrons. The molecule has 0 radical (unpaired) electrons. The molecule has 2 N–H and O–H groups in total. The summed E-state index contributed by atoms with van der Waals surface area (Å²) in [4.78, 5) is 10.4. The number of rotatable bonds is 6. The van der Waals surface area contributed by atoms with E-state index >= 15 is 0 Å². The van der Waals surface area contributed by atoms with E-state index < -0.39 is 24.6 Å². The van der Waals surface area contributed by atoms with Crippen LogP contribution in [0.15, 0.2) is 0 Å². The summed E-state index contributed by atoms with van der Waals surface area (Å²) in [7, 11) is 0. The number of halogens is 3. The van der Waals surface area contributed by atoms with Gasteiger partial charge < -0.3 is 10.4 Å². The van der Waals surface area contributed by atoms with Crippen LogP contribution in [-0.2, 0) is 4.79 Å². The average Bonchev–Trinajstić information content (AvgIpc) is 2.01. The lowest BCUT2D eigenvalue weighted by molar-refractivity contribution is -0.139. The van der Waals surface area contributed by atoms with Crippen LogP contribution in [0, 0.1) is 0 Å². The normalized spacial score (nSPS) is 14.0. The van der Waals surface area contributed by atoms with Gasteiger partial charge in [-0.05, 0) is 13.0 Å². The van der Waals surface area contributed by atoms with Crippen molar-refractivity contribution in [3.8, 4) is 0 Å². The van der Waals surface area contributed by atoms with Crippen LogP contribution in [0.5, 0.6) is 0 Å². The number of carboxylic acid groups (broad SMARTS) is 1. The van der Waals surface area contributed by atoms with Gasteiger partial charge in [-0.2, -0.15) is 25.8 Å². The van der Waals surface area contributed by atoms with Crippen LogP contribution in [0.3, 0.4) is 0 Å². The number of hydrogen-bond acceptors (Lipinski definition) is 3. The van der Waals surface area contributed by atoms with Gasteiger partial charge in [-0.1, -0.05) is 0 Å². The summed E-state index contributed by atoms with van der Waals surface area (Å²) in [5.41, 5.74) is 0. The number of aliphatic carboxylic acids is 1. The summed E-state index contributed by atoms with van der Waals surface area (Å²) >= 11 is 3.75. The first-order valence-electron chi connectivity index (χ1n) is 4.00. The summed E-state index contributed by atoms with van der Waals surface area (Å²) in [5.74, 6) is -1.05. The fourth-order valence-corrected chi connectivity index (χ4v) is 1.08. The third kappa shape index (κ3) is 7.02. The Bertz CT molecular complexity index is 186. The van der Waals surface area contributed by atoms with Crippen molar-refractivity contribution < 1.29 is 23.1 Å². The van der Waals surface area contributed by atoms with Gasteiger partial charge in [0.25, 0.3) is 0 Å². The minimum absolute atomic E-state index is 0.0248. The fraction of sp³-hybridized carbons (Fsp3) is 0.857. The summed E-state index contributed by atoms with van der Waals surface area (Å²) < 4.78 is 35.0. The Morgan fingerprint density at radius 3 is 2.43 bits per heavy atom. The highest BCUT2D eigenvalue weighted by Gasteiger charge is 2.26. The van der Waals surface area contributed by atoms with E-state index in [0.29, 0.717) is 0 Å². The summed E-state index contributed by atoms with van der Waals surface area (Å²) in [6.07, 6.45) is -5.21. The van der Waals surface area contributed by atoms with Crippen molar-refractivity contribution in [2.45, 2.75) is 25.1 Å². The van der Waals surface area contributed by atoms with Gasteiger partial charge in [-0.3, -0.25) is 4.79 Å². The van der Waals surface area contributed by atoms with Crippen molar-refractivity contribution in [1.82, 2.24) is 5.32 Å². The van der Waals surface area contributed by atoms with E-state index in [4.69, 9.17) is 5.11 Å². The van der Waals surface area contributed by atoms with Crippen molar-refractivity contribution in [3.63, 3.8) is 0 Å². The van der Waals surface area contributed by atoms with Crippen molar-refractivity contribution in [3.05, 3.63) is 0 Å². The molecule has 0 aromatic heterocycles. The van der Waals surface area contributed by atoms with Gasteiger partial charge in [0.05, 0.1) is 0 Å². The van der Waals surface area contributed by atoms with Crippen molar-refractivity contribution in [2.24, 2.45) is 0 Å². The van der Waals surface area contributed by atoms with Gasteiger partial charge in [-0.25, -0.2) is 0 Å². The second kappa shape index (κ2) is 6.13. The zero-order valence-electron chi connectivity index (χ0n) is 7.34. The minimum Gasteiger partial charge on any atom is -0.480 e. The maximum Gasteiger partial charge on any atom is 0.389 e. The second-order valence-electron chi connectivity index (χ2n) is 2.75. The molecule has 0 fully saturated rings. The molecule has 0 aliphatic heterocycles. The average molecular weight is 231 g/mol. The Morgan fingerprint density at radius 1 is 1.50 bits per heavy atom. The number of carbonyl (C=O) groups is 1. The first-order chi connectivity index (χ1) is 6.37. The van der Waals surface area contributed by atoms with E-state index in [1.165, 1.54) is 0 Å². The summed E-state index contributed by atoms with van der Waals surface area (Å²) in [5, 5.41) is 11.0. The number of thiol groups is 1. The summed E-state index contributed by atoms with van der Waals surface area (Å²) in [6.45, 7) is 0.0248. The minimum atomic E-state index is -4.18. The molecule has 0 aromatic rings. The largest absolute Gasteiger partial charge is 0.480 e. The van der Waals surface area contributed by atoms with Crippen LogP contribution < -0.4 is 5.32 Å². The maximum atomic E-state index is 11.7. The molecule has 0 heterocycles. The molecular formula is C7H12F3NO2S. The Balaban J connectivity index is 3.58. The highest BCUT2D eigenvalue weighted by atomic mass is 32.1. The monoisotopic (exact) mass is 231 g/mol. The number of hydrogen-bond donors (Lipinski definition) is 3. The Morgan fingerprint density at radius 2 is 2.07 bits per heavy atom. The van der Waals surface area contributed by atoms with E-state index in [2.05, 4.69) is 17.9 Å². The molecule has 0 spiro atoms. The van der Waals surface area contributed by atoms with Gasteiger partial charge in [0.15, 0.2) is 0 Å². The summed E-state index contributed by atoms with van der Waals surface area (Å²) in [6, 6.07) is -0.883. The Labute approximate surface area is 85.1 Å². The van der Waals surface area contributed by atoms with Gasteiger partial charge in [-0.15, -0.1) is 0 Å². The van der Waals surface area contributed by atoms with Crippen molar-refractivity contribution in [1.29, 1.82) is 0 Å². The van der Waals surface area contributed by atoms with Gasteiger partial charge in [0, 0.05) is 12.2 Å². The third-order valence-corrected chi connectivity index (χ3v) is 1.87. The van der Waals surface area contributed by atoms with E-state index in [9.17, 15) is 18.0 Å². The molecule has 0 saturated carbocycles. The third-order valence-electron chi connectivity index (χ3n) is 1.51. The fourth-order valence-electron chi connectivity index (χ4n) is 0.795. The number of alkyl halides is 3. The van der Waals surface area contributed by atoms with Crippen LogP contribution in [0.1, 0.15) is 12.8 Å². The van der Waals surface area contributed by atoms with Gasteiger partial charge >= 0.3 is 12.1 Å². The number of nitrogens with one attached hydrogen (secondary N) is 1. The molecule has 0 aromatic carbocycles. The second-order valence-corrected chi connectivity index (χ2v) is 3.11. The highest BCUT2D eigenvalue weighted by molar-refractivity contribution is 7.80. The zero-order chi connectivity index (χ0) is 11.2. The predicted molar refractivity (Wildman–Crippen MR) is 48.6 cm³/mol. The molecule has 0 amide bonds. The first-order valence-corrected chi connectivity index (χ1v) is 4.64. The molecular weight excluding hydrogens is 219 g/mol. The molecule has 7 heteroatoms. The van der Waals surface area contributed by atoms with Gasteiger partial charge in [0.1, 0.15) is 6.04 Å². The molecule has 3 nitrogen and oxygen atoms in total. The van der Waals surface area contributed by atoms with E-state index in [0.717, 1.165) is 0 Å². The lowest BCUT2D eigenvalue weighted by atomic mass is 10.2. The van der Waals surface area contributed by atoms with Crippen LogP contribution >= 0.6 is 12.6 Å². The lowest BCUT2D eigenvalue weighted by Gasteiger charge is -2.12.